The van der Waals surface area contributed by atoms with Crippen LogP contribution in [-0.4, -0.2) is 44.4 Å². The van der Waals surface area contributed by atoms with Crippen molar-refractivity contribution in [2.24, 2.45) is 0 Å². The van der Waals surface area contributed by atoms with E-state index in [-0.39, 0.29) is 18.6 Å². The van der Waals surface area contributed by atoms with Gasteiger partial charge in [0.2, 0.25) is 12.7 Å². The number of hydrogen-bond acceptors (Lipinski definition) is 5. The minimum atomic E-state index is -0.394. The number of aromatic nitrogens is 1. The third-order valence-corrected chi connectivity index (χ3v) is 6.47. The van der Waals surface area contributed by atoms with Crippen LogP contribution < -0.4 is 25.0 Å². The predicted molar refractivity (Wildman–Crippen MR) is 140 cm³/mol. The van der Waals surface area contributed by atoms with Crippen LogP contribution in [0.15, 0.2) is 72.9 Å². The second-order valence-electron chi connectivity index (χ2n) is 9.02. The van der Waals surface area contributed by atoms with E-state index in [2.05, 4.69) is 69.2 Å². The van der Waals surface area contributed by atoms with E-state index >= 15 is 0 Å². The first-order chi connectivity index (χ1) is 17.0. The molecule has 1 aliphatic heterocycles. The summed E-state index contributed by atoms with van der Waals surface area (Å²) in [6.45, 7) is 2.69. The SMILES string of the molecule is CC(NCC(c1ccc(N(C)C)cc1)c1c[nH]c2ccccc12)C(=O)Nc1ccc2c(c1)OCO2. The summed E-state index contributed by atoms with van der Waals surface area (Å²) in [4.78, 5) is 18.4. The fourth-order valence-electron chi connectivity index (χ4n) is 4.41. The minimum Gasteiger partial charge on any atom is -0.454 e. The molecule has 4 aromatic rings. The lowest BCUT2D eigenvalue weighted by molar-refractivity contribution is -0.117. The molecule has 1 aliphatic rings. The second kappa shape index (κ2) is 9.72. The van der Waals surface area contributed by atoms with Crippen LogP contribution in [0.2, 0.25) is 0 Å². The first-order valence-corrected chi connectivity index (χ1v) is 11.8. The molecule has 35 heavy (non-hydrogen) atoms. The highest BCUT2D eigenvalue weighted by molar-refractivity contribution is 5.95. The van der Waals surface area contributed by atoms with Gasteiger partial charge >= 0.3 is 0 Å². The summed E-state index contributed by atoms with van der Waals surface area (Å²) >= 11 is 0. The standard InChI is InChI=1S/C28H30N4O3/c1-18(28(33)31-20-10-13-26-27(14-20)35-17-34-26)29-15-23(19-8-11-21(12-9-19)32(2)3)24-16-30-25-7-5-4-6-22(24)25/h4-14,16,18,23,29-30H,15,17H2,1-3H3,(H,31,33). The van der Waals surface area contributed by atoms with E-state index in [1.807, 2.05) is 33.2 Å². The molecule has 180 valence electrons. The number of benzene rings is 3. The molecule has 0 bridgehead atoms. The Bertz CT molecular complexity index is 1330. The molecule has 2 unspecified atom stereocenters. The molecule has 1 amide bonds. The third kappa shape index (κ3) is 4.81. The van der Waals surface area contributed by atoms with Crippen molar-refractivity contribution in [2.45, 2.75) is 18.9 Å². The molecule has 1 aromatic heterocycles. The van der Waals surface area contributed by atoms with Crippen LogP contribution in [0, 0.1) is 0 Å². The highest BCUT2D eigenvalue weighted by Crippen LogP contribution is 2.34. The van der Waals surface area contributed by atoms with Crippen molar-refractivity contribution in [1.29, 1.82) is 0 Å². The van der Waals surface area contributed by atoms with Crippen LogP contribution in [0.25, 0.3) is 10.9 Å². The van der Waals surface area contributed by atoms with Gasteiger partial charge in [-0.3, -0.25) is 4.79 Å². The topological polar surface area (TPSA) is 78.6 Å². The average molecular weight is 471 g/mol. The molecule has 0 saturated carbocycles. The van der Waals surface area contributed by atoms with Gasteiger partial charge in [-0.05, 0) is 48.4 Å². The van der Waals surface area contributed by atoms with E-state index in [0.29, 0.717) is 23.7 Å². The molecule has 0 aliphatic carbocycles. The zero-order valence-corrected chi connectivity index (χ0v) is 20.2. The summed E-state index contributed by atoms with van der Waals surface area (Å²) in [5.41, 5.74) is 5.33. The summed E-state index contributed by atoms with van der Waals surface area (Å²) in [5, 5.41) is 7.61. The molecule has 5 rings (SSSR count). The number of carbonyl (C=O) groups is 1. The molecule has 2 atom stereocenters. The highest BCUT2D eigenvalue weighted by Gasteiger charge is 2.22. The number of fused-ring (bicyclic) bond motifs is 2. The van der Waals surface area contributed by atoms with Gasteiger partial charge in [0.25, 0.3) is 0 Å². The van der Waals surface area contributed by atoms with Crippen molar-refractivity contribution in [1.82, 2.24) is 10.3 Å². The quantitative estimate of drug-likeness (QED) is 0.348. The molecule has 0 saturated heterocycles. The Hall–Kier alpha value is -3.97. The number of ether oxygens (including phenoxy) is 2. The molecule has 0 spiro atoms. The first kappa shape index (κ1) is 22.8. The lowest BCUT2D eigenvalue weighted by Gasteiger charge is -2.22. The van der Waals surface area contributed by atoms with Crippen LogP contribution in [-0.2, 0) is 4.79 Å². The molecule has 2 heterocycles. The van der Waals surface area contributed by atoms with E-state index in [0.717, 1.165) is 11.2 Å². The fraction of sp³-hybridized carbons (Fsp3) is 0.250. The lowest BCUT2D eigenvalue weighted by Crippen LogP contribution is -2.40. The maximum absolute atomic E-state index is 12.9. The lowest BCUT2D eigenvalue weighted by atomic mass is 9.90. The normalized spacial score (nSPS) is 14.0. The van der Waals surface area contributed by atoms with Gasteiger partial charge in [-0.15, -0.1) is 0 Å². The molecule has 3 aromatic carbocycles. The zero-order chi connectivity index (χ0) is 24.4. The summed E-state index contributed by atoms with van der Waals surface area (Å²) in [7, 11) is 4.07. The number of carbonyl (C=O) groups excluding carboxylic acids is 1. The molecule has 0 fully saturated rings. The zero-order valence-electron chi connectivity index (χ0n) is 20.2. The molecule has 7 nitrogen and oxygen atoms in total. The summed E-state index contributed by atoms with van der Waals surface area (Å²) in [5.74, 6) is 1.30. The van der Waals surface area contributed by atoms with Gasteiger partial charge in [0.05, 0.1) is 6.04 Å². The number of hydrogen-bond donors (Lipinski definition) is 3. The van der Waals surface area contributed by atoms with Crippen LogP contribution >= 0.6 is 0 Å². The van der Waals surface area contributed by atoms with Gasteiger partial charge in [0.1, 0.15) is 0 Å². The Balaban J connectivity index is 1.34. The predicted octanol–water partition coefficient (Wildman–Crippen LogP) is 4.71. The van der Waals surface area contributed by atoms with Crippen LogP contribution in [0.3, 0.4) is 0 Å². The van der Waals surface area contributed by atoms with Crippen molar-refractivity contribution < 1.29 is 14.3 Å². The van der Waals surface area contributed by atoms with Crippen molar-refractivity contribution in [3.63, 3.8) is 0 Å². The van der Waals surface area contributed by atoms with E-state index < -0.39 is 6.04 Å². The van der Waals surface area contributed by atoms with Crippen molar-refractivity contribution >= 4 is 28.2 Å². The Morgan fingerprint density at radius 2 is 1.80 bits per heavy atom. The number of nitrogens with zero attached hydrogens (tertiary/aromatic N) is 1. The number of para-hydroxylation sites is 1. The minimum absolute atomic E-state index is 0.0724. The van der Waals surface area contributed by atoms with Gasteiger partial charge in [-0.25, -0.2) is 0 Å². The maximum Gasteiger partial charge on any atom is 0.241 e. The molecule has 0 radical (unpaired) electrons. The van der Waals surface area contributed by atoms with Crippen molar-refractivity contribution in [3.05, 3.63) is 84.1 Å². The van der Waals surface area contributed by atoms with E-state index in [4.69, 9.17) is 9.47 Å². The first-order valence-electron chi connectivity index (χ1n) is 11.8. The Morgan fingerprint density at radius 1 is 1.03 bits per heavy atom. The number of amides is 1. The van der Waals surface area contributed by atoms with Gasteiger partial charge in [-0.2, -0.15) is 0 Å². The number of anilines is 2. The second-order valence-corrected chi connectivity index (χ2v) is 9.02. The summed E-state index contributed by atoms with van der Waals surface area (Å²) in [6.07, 6.45) is 2.08. The van der Waals surface area contributed by atoms with Crippen LogP contribution in [0.5, 0.6) is 11.5 Å². The number of aromatic amines is 1. The average Bonchev–Trinajstić information content (AvgIpc) is 3.51. The van der Waals surface area contributed by atoms with E-state index in [1.54, 1.807) is 12.1 Å². The number of rotatable bonds is 8. The smallest absolute Gasteiger partial charge is 0.241 e. The summed E-state index contributed by atoms with van der Waals surface area (Å²) < 4.78 is 10.8. The Labute approximate surface area is 205 Å². The van der Waals surface area contributed by atoms with E-state index in [1.165, 1.54) is 16.5 Å². The highest BCUT2D eigenvalue weighted by atomic mass is 16.7. The summed E-state index contributed by atoms with van der Waals surface area (Å²) in [6, 6.07) is 21.9. The van der Waals surface area contributed by atoms with Gasteiger partial charge in [-0.1, -0.05) is 30.3 Å². The van der Waals surface area contributed by atoms with E-state index in [9.17, 15) is 4.79 Å². The monoisotopic (exact) mass is 470 g/mol. The molecule has 3 N–H and O–H groups in total. The molecular weight excluding hydrogens is 440 g/mol. The van der Waals surface area contributed by atoms with Gasteiger partial charge in [0.15, 0.2) is 11.5 Å². The van der Waals surface area contributed by atoms with Crippen LogP contribution in [0.1, 0.15) is 24.0 Å². The van der Waals surface area contributed by atoms with Gasteiger partial charge < -0.3 is 30.0 Å². The maximum atomic E-state index is 12.9. The van der Waals surface area contributed by atoms with Gasteiger partial charge in [0, 0.05) is 61.1 Å². The number of H-pyrrole nitrogens is 1. The Kier molecular flexibility index (Phi) is 6.33. The van der Waals surface area contributed by atoms with Crippen molar-refractivity contribution in [2.75, 3.05) is 37.6 Å². The molecule has 7 heteroatoms. The Morgan fingerprint density at radius 3 is 2.60 bits per heavy atom. The molecular formula is C28H30N4O3. The largest absolute Gasteiger partial charge is 0.454 e. The fourth-order valence-corrected chi connectivity index (χ4v) is 4.41. The third-order valence-electron chi connectivity index (χ3n) is 6.47. The van der Waals surface area contributed by atoms with Crippen LogP contribution in [0.4, 0.5) is 11.4 Å². The van der Waals surface area contributed by atoms with Crippen molar-refractivity contribution in [3.8, 4) is 11.5 Å². The number of nitrogens with one attached hydrogen (secondary N) is 3.